The van der Waals surface area contributed by atoms with Crippen molar-refractivity contribution in [2.45, 2.75) is 46.7 Å². The van der Waals surface area contributed by atoms with Crippen LogP contribution in [-0.4, -0.2) is 29.3 Å². The average molecular weight is 435 g/mol. The highest BCUT2D eigenvalue weighted by atomic mass is 35.5. The number of halogens is 2. The Morgan fingerprint density at radius 1 is 1.03 bits per heavy atom. The zero-order valence-corrected chi connectivity index (χ0v) is 18.8. The third-order valence-corrected chi connectivity index (χ3v) is 5.53. The Kier molecular flexibility index (Phi) is 8.54. The Bertz CT molecular complexity index is 868. The minimum absolute atomic E-state index is 0.113. The molecule has 0 radical (unpaired) electrons. The highest BCUT2D eigenvalue weighted by Crippen LogP contribution is 2.24. The molecule has 2 aromatic carbocycles. The van der Waals surface area contributed by atoms with Crippen LogP contribution < -0.4 is 5.32 Å². The van der Waals surface area contributed by atoms with Gasteiger partial charge in [-0.25, -0.2) is 0 Å². The number of benzene rings is 2. The van der Waals surface area contributed by atoms with E-state index in [4.69, 9.17) is 23.2 Å². The second kappa shape index (κ2) is 10.7. The van der Waals surface area contributed by atoms with Crippen LogP contribution in [0.15, 0.2) is 42.5 Å². The molecule has 2 rings (SSSR count). The molecule has 4 nitrogen and oxygen atoms in total. The van der Waals surface area contributed by atoms with Crippen LogP contribution in [0.2, 0.25) is 10.0 Å². The monoisotopic (exact) mass is 434 g/mol. The van der Waals surface area contributed by atoms with Gasteiger partial charge >= 0.3 is 0 Å². The van der Waals surface area contributed by atoms with Crippen LogP contribution in [0, 0.1) is 12.8 Å². The molecule has 1 atom stereocenters. The number of nitrogens with one attached hydrogen (secondary N) is 1. The van der Waals surface area contributed by atoms with Gasteiger partial charge in [0.1, 0.15) is 6.04 Å². The molecule has 0 fully saturated rings. The van der Waals surface area contributed by atoms with E-state index in [2.05, 4.69) is 5.32 Å². The van der Waals surface area contributed by atoms with Crippen molar-refractivity contribution in [3.8, 4) is 0 Å². The number of hydrogen-bond acceptors (Lipinski definition) is 2. The van der Waals surface area contributed by atoms with Crippen LogP contribution in [0.1, 0.15) is 37.5 Å². The van der Waals surface area contributed by atoms with Crippen molar-refractivity contribution >= 4 is 35.0 Å². The fourth-order valence-corrected chi connectivity index (χ4v) is 3.26. The molecule has 2 amide bonds. The van der Waals surface area contributed by atoms with Crippen LogP contribution in [0.5, 0.6) is 0 Å². The van der Waals surface area contributed by atoms with Gasteiger partial charge in [0, 0.05) is 13.1 Å². The highest BCUT2D eigenvalue weighted by molar-refractivity contribution is 6.42. The van der Waals surface area contributed by atoms with Gasteiger partial charge in [-0.3, -0.25) is 9.59 Å². The molecule has 2 aromatic rings. The average Bonchev–Trinajstić information content (AvgIpc) is 2.68. The van der Waals surface area contributed by atoms with Gasteiger partial charge in [-0.1, -0.05) is 67.4 Å². The van der Waals surface area contributed by atoms with Crippen molar-refractivity contribution in [3.05, 3.63) is 69.2 Å². The quantitative estimate of drug-likeness (QED) is 0.632. The Morgan fingerprint density at radius 2 is 1.72 bits per heavy atom. The van der Waals surface area contributed by atoms with E-state index in [1.165, 1.54) is 0 Å². The fourth-order valence-electron chi connectivity index (χ4n) is 2.94. The van der Waals surface area contributed by atoms with Gasteiger partial charge in [-0.2, -0.15) is 0 Å². The Hall–Kier alpha value is -2.04. The predicted molar refractivity (Wildman–Crippen MR) is 119 cm³/mol. The topological polar surface area (TPSA) is 49.4 Å². The van der Waals surface area contributed by atoms with Crippen LogP contribution in [0.25, 0.3) is 0 Å². The normalized spacial score (nSPS) is 12.0. The van der Waals surface area contributed by atoms with Crippen LogP contribution in [-0.2, 0) is 22.6 Å². The van der Waals surface area contributed by atoms with E-state index in [0.29, 0.717) is 22.5 Å². The largest absolute Gasteiger partial charge is 0.354 e. The van der Waals surface area contributed by atoms with Gasteiger partial charge in [-0.15, -0.1) is 0 Å². The lowest BCUT2D eigenvalue weighted by molar-refractivity contribution is -0.140. The van der Waals surface area contributed by atoms with E-state index >= 15 is 0 Å². The highest BCUT2D eigenvalue weighted by Gasteiger charge is 2.26. The van der Waals surface area contributed by atoms with Crippen molar-refractivity contribution in [1.29, 1.82) is 0 Å². The van der Waals surface area contributed by atoms with Crippen molar-refractivity contribution in [2.75, 3.05) is 6.54 Å². The minimum atomic E-state index is -0.611. The van der Waals surface area contributed by atoms with Gasteiger partial charge < -0.3 is 10.2 Å². The van der Waals surface area contributed by atoms with Crippen LogP contribution in [0.3, 0.4) is 0 Å². The first-order valence-corrected chi connectivity index (χ1v) is 10.5. The molecule has 0 saturated heterocycles. The summed E-state index contributed by atoms with van der Waals surface area (Å²) in [6.07, 6.45) is 0.232. The van der Waals surface area contributed by atoms with E-state index in [9.17, 15) is 9.59 Å². The molecular formula is C23H28Cl2N2O2. The number of rotatable bonds is 8. The number of amides is 2. The molecule has 0 unspecified atom stereocenters. The number of aryl methyl sites for hydroxylation is 1. The summed E-state index contributed by atoms with van der Waals surface area (Å²) in [5.74, 6) is 0.0480. The van der Waals surface area contributed by atoms with Crippen molar-refractivity contribution in [3.63, 3.8) is 0 Å². The third-order valence-electron chi connectivity index (χ3n) is 4.79. The predicted octanol–water partition coefficient (Wildman–Crippen LogP) is 5.03. The maximum Gasteiger partial charge on any atom is 0.242 e. The van der Waals surface area contributed by atoms with Gasteiger partial charge in [0.2, 0.25) is 11.8 Å². The second-order valence-electron chi connectivity index (χ2n) is 7.69. The second-order valence-corrected chi connectivity index (χ2v) is 8.50. The Morgan fingerprint density at radius 3 is 2.34 bits per heavy atom. The lowest BCUT2D eigenvalue weighted by Crippen LogP contribution is -2.48. The summed E-state index contributed by atoms with van der Waals surface area (Å²) in [6.45, 7) is 8.63. The Balaban J connectivity index is 2.25. The summed E-state index contributed by atoms with van der Waals surface area (Å²) in [5.41, 5.74) is 2.82. The number of nitrogens with zero attached hydrogens (tertiary/aromatic N) is 1. The number of hydrogen-bond donors (Lipinski definition) is 1. The maximum absolute atomic E-state index is 13.2. The number of carbonyl (C=O) groups is 2. The molecule has 6 heteroatoms. The lowest BCUT2D eigenvalue weighted by Gasteiger charge is -2.29. The molecule has 0 saturated carbocycles. The molecule has 0 heterocycles. The molecule has 0 aromatic heterocycles. The molecular weight excluding hydrogens is 407 g/mol. The summed E-state index contributed by atoms with van der Waals surface area (Å²) in [6, 6.07) is 12.4. The molecule has 0 aliphatic rings. The summed E-state index contributed by atoms with van der Waals surface area (Å²) >= 11 is 12.2. The lowest BCUT2D eigenvalue weighted by atomic mass is 10.0. The Labute approximate surface area is 183 Å². The SMILES string of the molecule is Cc1ccccc1CC(=O)N(Cc1ccc(Cl)c(Cl)c1)[C@H](C)C(=O)NCC(C)C. The molecule has 156 valence electrons. The summed E-state index contributed by atoms with van der Waals surface area (Å²) < 4.78 is 0. The first-order chi connectivity index (χ1) is 13.7. The fraction of sp³-hybridized carbons (Fsp3) is 0.391. The first kappa shape index (κ1) is 23.2. The van der Waals surface area contributed by atoms with Gasteiger partial charge in [-0.05, 0) is 48.6 Å². The minimum Gasteiger partial charge on any atom is -0.354 e. The summed E-state index contributed by atoms with van der Waals surface area (Å²) in [7, 11) is 0. The smallest absolute Gasteiger partial charge is 0.242 e. The molecule has 0 bridgehead atoms. The molecule has 0 aliphatic carbocycles. The molecule has 0 spiro atoms. The van der Waals surface area contributed by atoms with Crippen molar-refractivity contribution < 1.29 is 9.59 Å². The van der Waals surface area contributed by atoms with E-state index in [0.717, 1.165) is 16.7 Å². The zero-order valence-electron chi connectivity index (χ0n) is 17.3. The maximum atomic E-state index is 13.2. The zero-order chi connectivity index (χ0) is 21.6. The first-order valence-electron chi connectivity index (χ1n) is 9.74. The van der Waals surface area contributed by atoms with Gasteiger partial charge in [0.15, 0.2) is 0 Å². The van der Waals surface area contributed by atoms with Crippen molar-refractivity contribution in [1.82, 2.24) is 10.2 Å². The summed E-state index contributed by atoms with van der Waals surface area (Å²) in [5, 5.41) is 3.80. The van der Waals surface area contributed by atoms with E-state index < -0.39 is 6.04 Å². The molecule has 0 aliphatic heterocycles. The van der Waals surface area contributed by atoms with Gasteiger partial charge in [0.25, 0.3) is 0 Å². The van der Waals surface area contributed by atoms with E-state index in [1.54, 1.807) is 24.0 Å². The third kappa shape index (κ3) is 6.76. The van der Waals surface area contributed by atoms with E-state index in [1.807, 2.05) is 51.1 Å². The standard InChI is InChI=1S/C23H28Cl2N2O2/c1-15(2)13-26-23(29)17(4)27(14-18-9-10-20(24)21(25)11-18)22(28)12-19-8-6-5-7-16(19)3/h5-11,15,17H,12-14H2,1-4H3,(H,26,29)/t17-/m1/s1. The van der Waals surface area contributed by atoms with Gasteiger partial charge in [0.05, 0.1) is 16.5 Å². The van der Waals surface area contributed by atoms with Crippen LogP contribution in [0.4, 0.5) is 0 Å². The van der Waals surface area contributed by atoms with E-state index in [-0.39, 0.29) is 24.8 Å². The molecule has 1 N–H and O–H groups in total. The summed E-state index contributed by atoms with van der Waals surface area (Å²) in [4.78, 5) is 27.5. The van der Waals surface area contributed by atoms with Crippen molar-refractivity contribution in [2.24, 2.45) is 5.92 Å². The van der Waals surface area contributed by atoms with Crippen LogP contribution >= 0.6 is 23.2 Å². The number of carbonyl (C=O) groups excluding carboxylic acids is 2. The molecule has 29 heavy (non-hydrogen) atoms.